The van der Waals surface area contributed by atoms with Crippen LogP contribution in [0.1, 0.15) is 12.5 Å². The summed E-state index contributed by atoms with van der Waals surface area (Å²) < 4.78 is 5.80. The lowest BCUT2D eigenvalue weighted by Gasteiger charge is -2.09. The van der Waals surface area contributed by atoms with Gasteiger partial charge in [-0.2, -0.15) is 0 Å². The molecular weight excluding hydrogens is 364 g/mol. The van der Waals surface area contributed by atoms with Gasteiger partial charge >= 0.3 is 0 Å². The molecule has 4 rings (SSSR count). The normalized spacial score (nSPS) is 11.1. The third-order valence-electron chi connectivity index (χ3n) is 4.31. The molecule has 0 bridgehead atoms. The van der Waals surface area contributed by atoms with Crippen molar-refractivity contribution >= 4 is 24.3 Å². The lowest BCUT2D eigenvalue weighted by molar-refractivity contribution is 0.582. The third-order valence-corrected chi connectivity index (χ3v) is 4.31. The molecule has 0 atom stereocenters. The minimum absolute atomic E-state index is 0.210. The molecule has 0 aliphatic carbocycles. The van der Waals surface area contributed by atoms with Crippen molar-refractivity contribution in [3.8, 4) is 34.3 Å². The summed E-state index contributed by atoms with van der Waals surface area (Å²) in [6.07, 6.45) is 5.50. The topological polar surface area (TPSA) is 103 Å². The van der Waals surface area contributed by atoms with Gasteiger partial charge in [-0.3, -0.25) is 4.99 Å². The molecule has 0 saturated carbocycles. The maximum atomic E-state index is 6.06. The number of benzene rings is 2. The van der Waals surface area contributed by atoms with Crippen molar-refractivity contribution in [2.75, 3.05) is 5.73 Å². The molecular formula is C22H18N6O. The van der Waals surface area contributed by atoms with Gasteiger partial charge in [0.1, 0.15) is 0 Å². The minimum Gasteiger partial charge on any atom is -0.414 e. The number of aliphatic imine (C=N–C) groups is 1. The lowest BCUT2D eigenvalue weighted by atomic mass is 10.0. The smallest absolute Gasteiger partial charge is 0.270 e. The number of nitrogens with zero attached hydrogens (tertiary/aromatic N) is 5. The summed E-state index contributed by atoms with van der Waals surface area (Å²) in [5.74, 6) is 0.809. The zero-order valence-electron chi connectivity index (χ0n) is 15.8. The van der Waals surface area contributed by atoms with E-state index in [0.29, 0.717) is 17.3 Å². The number of anilines is 1. The lowest BCUT2D eigenvalue weighted by Crippen LogP contribution is -2.00. The van der Waals surface area contributed by atoms with Crippen LogP contribution >= 0.6 is 0 Å². The van der Waals surface area contributed by atoms with Crippen LogP contribution in [-0.2, 0) is 0 Å². The van der Waals surface area contributed by atoms with E-state index in [1.54, 1.807) is 6.20 Å². The molecule has 2 heterocycles. The largest absolute Gasteiger partial charge is 0.414 e. The summed E-state index contributed by atoms with van der Waals surface area (Å²) in [5.41, 5.74) is 10.3. The first-order valence-corrected chi connectivity index (χ1v) is 8.96. The van der Waals surface area contributed by atoms with Gasteiger partial charge in [0.2, 0.25) is 5.89 Å². The molecule has 142 valence electrons. The highest BCUT2D eigenvalue weighted by Crippen LogP contribution is 2.33. The maximum absolute atomic E-state index is 6.06. The van der Waals surface area contributed by atoms with Gasteiger partial charge in [0.25, 0.3) is 5.89 Å². The molecule has 0 spiro atoms. The first-order valence-electron chi connectivity index (χ1n) is 8.96. The molecule has 0 fully saturated rings. The molecule has 0 saturated heterocycles. The van der Waals surface area contributed by atoms with Crippen LogP contribution < -0.4 is 5.73 Å². The van der Waals surface area contributed by atoms with Crippen molar-refractivity contribution in [2.45, 2.75) is 6.92 Å². The molecule has 7 nitrogen and oxygen atoms in total. The average Bonchev–Trinajstić information content (AvgIpc) is 3.25. The third kappa shape index (κ3) is 3.53. The molecule has 2 aromatic heterocycles. The van der Waals surface area contributed by atoms with E-state index in [9.17, 15) is 0 Å². The number of rotatable bonds is 5. The highest BCUT2D eigenvalue weighted by Gasteiger charge is 2.18. The molecule has 0 aliphatic rings. The summed E-state index contributed by atoms with van der Waals surface area (Å²) in [6, 6.07) is 15.2. The van der Waals surface area contributed by atoms with Gasteiger partial charge in [0.05, 0.1) is 17.6 Å². The predicted molar refractivity (Wildman–Crippen MR) is 115 cm³/mol. The van der Waals surface area contributed by atoms with Crippen LogP contribution in [0.4, 0.5) is 11.5 Å². The second kappa shape index (κ2) is 7.85. The Morgan fingerprint density at radius 3 is 2.59 bits per heavy atom. The fraction of sp³-hybridized carbons (Fsp3) is 0.0455. The quantitative estimate of drug-likeness (QED) is 0.497. The second-order valence-corrected chi connectivity index (χ2v) is 6.16. The fourth-order valence-electron chi connectivity index (χ4n) is 2.96. The molecule has 0 aliphatic heterocycles. The first kappa shape index (κ1) is 18.2. The Morgan fingerprint density at radius 2 is 1.83 bits per heavy atom. The molecule has 2 aromatic carbocycles. The van der Waals surface area contributed by atoms with E-state index < -0.39 is 0 Å². The van der Waals surface area contributed by atoms with Gasteiger partial charge in [-0.25, -0.2) is 9.97 Å². The van der Waals surface area contributed by atoms with Crippen LogP contribution in [0.2, 0.25) is 0 Å². The van der Waals surface area contributed by atoms with Gasteiger partial charge < -0.3 is 10.2 Å². The monoisotopic (exact) mass is 382 g/mol. The van der Waals surface area contributed by atoms with Gasteiger partial charge in [0, 0.05) is 16.7 Å². The predicted octanol–water partition coefficient (Wildman–Crippen LogP) is 4.81. The van der Waals surface area contributed by atoms with Crippen molar-refractivity contribution in [3.05, 3.63) is 66.4 Å². The average molecular weight is 382 g/mol. The summed E-state index contributed by atoms with van der Waals surface area (Å²) >= 11 is 0. The second-order valence-electron chi connectivity index (χ2n) is 6.16. The van der Waals surface area contributed by atoms with Crippen LogP contribution in [0.5, 0.6) is 0 Å². The Bertz CT molecular complexity index is 1200. The SMILES string of the molecule is C=Nc1cccc(-c2cnc(N)c(-c3nnc(-c4ccccc4)o3)n2)c1C=CC. The number of aromatic nitrogens is 4. The Kier molecular flexibility index (Phi) is 4.94. The maximum Gasteiger partial charge on any atom is 0.270 e. The van der Waals surface area contributed by atoms with E-state index in [2.05, 4.69) is 31.9 Å². The van der Waals surface area contributed by atoms with Crippen molar-refractivity contribution < 1.29 is 4.42 Å². The summed E-state index contributed by atoms with van der Waals surface area (Å²) in [6.45, 7) is 5.58. The van der Waals surface area contributed by atoms with Crippen molar-refractivity contribution in [1.29, 1.82) is 0 Å². The summed E-state index contributed by atoms with van der Waals surface area (Å²) in [7, 11) is 0. The van der Waals surface area contributed by atoms with E-state index >= 15 is 0 Å². The molecule has 0 unspecified atom stereocenters. The van der Waals surface area contributed by atoms with E-state index in [-0.39, 0.29) is 11.7 Å². The minimum atomic E-state index is 0.210. The van der Waals surface area contributed by atoms with Gasteiger partial charge in [0.15, 0.2) is 11.5 Å². The first-order chi connectivity index (χ1) is 14.2. The molecule has 4 aromatic rings. The number of nitrogen functional groups attached to an aromatic ring is 1. The van der Waals surface area contributed by atoms with E-state index in [1.807, 2.05) is 67.6 Å². The highest BCUT2D eigenvalue weighted by atomic mass is 16.4. The van der Waals surface area contributed by atoms with Crippen LogP contribution in [0.3, 0.4) is 0 Å². The van der Waals surface area contributed by atoms with Crippen LogP contribution in [-0.4, -0.2) is 26.9 Å². The Morgan fingerprint density at radius 1 is 1.03 bits per heavy atom. The Hall–Kier alpha value is -4.13. The van der Waals surface area contributed by atoms with Crippen molar-refractivity contribution in [2.24, 2.45) is 4.99 Å². The highest BCUT2D eigenvalue weighted by molar-refractivity contribution is 5.82. The van der Waals surface area contributed by atoms with Gasteiger partial charge in [-0.15, -0.1) is 10.2 Å². The van der Waals surface area contributed by atoms with Crippen molar-refractivity contribution in [1.82, 2.24) is 20.2 Å². The molecule has 29 heavy (non-hydrogen) atoms. The fourth-order valence-corrected chi connectivity index (χ4v) is 2.96. The van der Waals surface area contributed by atoms with E-state index in [1.165, 1.54) is 0 Å². The molecule has 0 amide bonds. The molecule has 0 radical (unpaired) electrons. The van der Waals surface area contributed by atoms with E-state index in [4.69, 9.17) is 10.2 Å². The van der Waals surface area contributed by atoms with Crippen LogP contribution in [0.25, 0.3) is 40.4 Å². The standard InChI is InChI=1S/C22H18N6O/c1-3-8-15-16(11-7-12-17(15)24-2)18-13-25-20(23)19(26-18)22-28-27-21(29-22)14-9-5-4-6-10-14/h3-13H,2H2,1H3,(H2,23,25). The Labute approximate surface area is 167 Å². The van der Waals surface area contributed by atoms with Gasteiger partial charge in [-0.1, -0.05) is 42.5 Å². The number of hydrogen-bond acceptors (Lipinski definition) is 7. The van der Waals surface area contributed by atoms with Crippen LogP contribution in [0, 0.1) is 0 Å². The van der Waals surface area contributed by atoms with E-state index in [0.717, 1.165) is 22.4 Å². The molecule has 2 N–H and O–H groups in total. The number of allylic oxidation sites excluding steroid dienone is 1. The van der Waals surface area contributed by atoms with Crippen LogP contribution in [0.15, 0.2) is 70.2 Å². The zero-order chi connectivity index (χ0) is 20.2. The number of nitrogens with two attached hydrogens (primary N) is 1. The number of hydrogen-bond donors (Lipinski definition) is 1. The summed E-state index contributed by atoms with van der Waals surface area (Å²) in [4.78, 5) is 13.0. The van der Waals surface area contributed by atoms with Gasteiger partial charge in [-0.05, 0) is 31.8 Å². The zero-order valence-corrected chi connectivity index (χ0v) is 15.8. The summed E-state index contributed by atoms with van der Waals surface area (Å²) in [5, 5.41) is 8.22. The Balaban J connectivity index is 1.81. The molecule has 7 heteroatoms. The van der Waals surface area contributed by atoms with Crippen molar-refractivity contribution in [3.63, 3.8) is 0 Å².